The summed E-state index contributed by atoms with van der Waals surface area (Å²) in [6, 6.07) is 18.1. The molecule has 1 unspecified atom stereocenters. The van der Waals surface area contributed by atoms with Crippen LogP contribution in [0.1, 0.15) is 6.92 Å². The summed E-state index contributed by atoms with van der Waals surface area (Å²) < 4.78 is 21.2. The van der Waals surface area contributed by atoms with Crippen molar-refractivity contribution in [3.05, 3.63) is 72.7 Å². The number of nitrogens with zero attached hydrogens (tertiary/aromatic N) is 4. The SMILES string of the molecule is CC(COc1cccc(-n2nc(-c3ccc(F)cc3)c3cccnc32)c1)CN(C)C. The van der Waals surface area contributed by atoms with Crippen molar-refractivity contribution in [2.45, 2.75) is 6.92 Å². The summed E-state index contributed by atoms with van der Waals surface area (Å²) >= 11 is 0. The van der Waals surface area contributed by atoms with Crippen molar-refractivity contribution in [1.29, 1.82) is 0 Å². The minimum Gasteiger partial charge on any atom is -0.493 e. The van der Waals surface area contributed by atoms with Gasteiger partial charge >= 0.3 is 0 Å². The van der Waals surface area contributed by atoms with Crippen molar-refractivity contribution >= 4 is 11.0 Å². The highest BCUT2D eigenvalue weighted by molar-refractivity contribution is 5.92. The Hall–Kier alpha value is -3.25. The van der Waals surface area contributed by atoms with Crippen LogP contribution in [0.4, 0.5) is 4.39 Å². The lowest BCUT2D eigenvalue weighted by atomic mass is 10.1. The van der Waals surface area contributed by atoms with Gasteiger partial charge in [0, 0.05) is 35.7 Å². The van der Waals surface area contributed by atoms with Crippen molar-refractivity contribution < 1.29 is 9.13 Å². The molecule has 0 N–H and O–H groups in total. The standard InChI is InChI=1S/C24H25FN4O/c1-17(15-28(2)3)16-30-21-7-4-6-20(14-21)29-24-22(8-5-13-26-24)23(27-29)18-9-11-19(25)12-10-18/h4-14,17H,15-16H2,1-3H3. The van der Waals surface area contributed by atoms with Gasteiger partial charge in [0.05, 0.1) is 12.3 Å². The Kier molecular flexibility index (Phi) is 5.77. The van der Waals surface area contributed by atoms with E-state index >= 15 is 0 Å². The van der Waals surface area contributed by atoms with E-state index in [0.29, 0.717) is 12.5 Å². The molecule has 30 heavy (non-hydrogen) atoms. The zero-order chi connectivity index (χ0) is 21.1. The Morgan fingerprint density at radius 2 is 1.87 bits per heavy atom. The van der Waals surface area contributed by atoms with Crippen molar-refractivity contribution in [1.82, 2.24) is 19.7 Å². The van der Waals surface area contributed by atoms with Gasteiger partial charge in [-0.1, -0.05) is 13.0 Å². The van der Waals surface area contributed by atoms with Crippen LogP contribution in [-0.2, 0) is 0 Å². The Bertz CT molecular complexity index is 1140. The predicted molar refractivity (Wildman–Crippen MR) is 117 cm³/mol. The van der Waals surface area contributed by atoms with E-state index < -0.39 is 0 Å². The summed E-state index contributed by atoms with van der Waals surface area (Å²) in [4.78, 5) is 6.69. The number of benzene rings is 2. The van der Waals surface area contributed by atoms with Crippen LogP contribution in [0.5, 0.6) is 5.75 Å². The molecule has 0 radical (unpaired) electrons. The van der Waals surface area contributed by atoms with E-state index in [1.807, 2.05) is 41.1 Å². The summed E-state index contributed by atoms with van der Waals surface area (Å²) in [6.45, 7) is 3.78. The third kappa shape index (κ3) is 4.33. The molecule has 2 aromatic heterocycles. The van der Waals surface area contributed by atoms with Crippen LogP contribution in [0.3, 0.4) is 0 Å². The number of hydrogen-bond acceptors (Lipinski definition) is 4. The van der Waals surface area contributed by atoms with E-state index in [-0.39, 0.29) is 5.82 Å². The van der Waals surface area contributed by atoms with Gasteiger partial charge in [-0.3, -0.25) is 0 Å². The van der Waals surface area contributed by atoms with Gasteiger partial charge in [-0.15, -0.1) is 0 Å². The third-order valence-electron chi connectivity index (χ3n) is 4.83. The Morgan fingerprint density at radius 3 is 2.63 bits per heavy atom. The topological polar surface area (TPSA) is 43.2 Å². The van der Waals surface area contributed by atoms with Crippen molar-refractivity contribution in [2.75, 3.05) is 27.2 Å². The maximum absolute atomic E-state index is 13.4. The summed E-state index contributed by atoms with van der Waals surface area (Å²) in [6.07, 6.45) is 1.75. The molecule has 4 aromatic rings. The molecule has 6 heteroatoms. The first kappa shape index (κ1) is 20.0. The van der Waals surface area contributed by atoms with Crippen molar-refractivity contribution in [3.8, 4) is 22.7 Å². The predicted octanol–water partition coefficient (Wildman–Crippen LogP) is 4.80. The average Bonchev–Trinajstić information content (AvgIpc) is 3.12. The number of rotatable bonds is 7. The highest BCUT2D eigenvalue weighted by Crippen LogP contribution is 2.29. The quantitative estimate of drug-likeness (QED) is 0.444. The zero-order valence-electron chi connectivity index (χ0n) is 17.4. The molecule has 0 saturated carbocycles. The van der Waals surface area contributed by atoms with E-state index in [9.17, 15) is 4.39 Å². The highest BCUT2D eigenvalue weighted by atomic mass is 19.1. The first-order valence-corrected chi connectivity index (χ1v) is 9.99. The Morgan fingerprint density at radius 1 is 1.07 bits per heavy atom. The molecule has 2 aromatic carbocycles. The zero-order valence-corrected chi connectivity index (χ0v) is 17.4. The molecule has 0 bridgehead atoms. The smallest absolute Gasteiger partial charge is 0.163 e. The summed E-state index contributed by atoms with van der Waals surface area (Å²) in [5, 5.41) is 5.72. The van der Waals surface area contributed by atoms with Crippen LogP contribution in [0, 0.1) is 11.7 Å². The van der Waals surface area contributed by atoms with Crippen molar-refractivity contribution in [3.63, 3.8) is 0 Å². The first-order chi connectivity index (χ1) is 14.5. The fourth-order valence-corrected chi connectivity index (χ4v) is 3.57. The second-order valence-electron chi connectivity index (χ2n) is 7.82. The Balaban J connectivity index is 1.67. The molecule has 1 atom stereocenters. The maximum Gasteiger partial charge on any atom is 0.163 e. The monoisotopic (exact) mass is 404 g/mol. The molecule has 0 aliphatic heterocycles. The number of hydrogen-bond donors (Lipinski definition) is 0. The van der Waals surface area contributed by atoms with Crippen LogP contribution in [-0.4, -0.2) is 46.9 Å². The van der Waals surface area contributed by atoms with Gasteiger partial charge in [-0.2, -0.15) is 5.10 Å². The normalized spacial score (nSPS) is 12.4. The minimum absolute atomic E-state index is 0.269. The van der Waals surface area contributed by atoms with Gasteiger partial charge in [0.15, 0.2) is 5.65 Å². The van der Waals surface area contributed by atoms with Crippen LogP contribution >= 0.6 is 0 Å². The molecule has 0 aliphatic carbocycles. The molecule has 2 heterocycles. The molecule has 0 amide bonds. The number of ether oxygens (including phenoxy) is 1. The maximum atomic E-state index is 13.4. The molecular formula is C24H25FN4O. The molecule has 0 saturated heterocycles. The number of halogens is 1. The number of pyridine rings is 1. The van der Waals surface area contributed by atoms with E-state index in [2.05, 4.69) is 30.9 Å². The van der Waals surface area contributed by atoms with Gasteiger partial charge in [0.25, 0.3) is 0 Å². The van der Waals surface area contributed by atoms with E-state index in [0.717, 1.165) is 40.3 Å². The van der Waals surface area contributed by atoms with Crippen LogP contribution in [0.15, 0.2) is 66.9 Å². The van der Waals surface area contributed by atoms with Crippen LogP contribution < -0.4 is 4.74 Å². The van der Waals surface area contributed by atoms with Gasteiger partial charge < -0.3 is 9.64 Å². The van der Waals surface area contributed by atoms with Gasteiger partial charge in [-0.05, 0) is 62.6 Å². The molecule has 0 aliphatic rings. The van der Waals surface area contributed by atoms with Crippen LogP contribution in [0.2, 0.25) is 0 Å². The minimum atomic E-state index is -0.269. The van der Waals surface area contributed by atoms with Gasteiger partial charge in [0.2, 0.25) is 0 Å². The van der Waals surface area contributed by atoms with E-state index in [1.165, 1.54) is 12.1 Å². The number of aromatic nitrogens is 3. The van der Waals surface area contributed by atoms with Gasteiger partial charge in [0.1, 0.15) is 17.3 Å². The summed E-state index contributed by atoms with van der Waals surface area (Å²) in [5.74, 6) is 0.941. The fourth-order valence-electron chi connectivity index (χ4n) is 3.57. The molecule has 5 nitrogen and oxygen atoms in total. The fraction of sp³-hybridized carbons (Fsp3) is 0.250. The highest BCUT2D eigenvalue weighted by Gasteiger charge is 2.15. The molecule has 0 spiro atoms. The molecule has 0 fully saturated rings. The third-order valence-corrected chi connectivity index (χ3v) is 4.83. The molecule has 154 valence electrons. The number of fused-ring (bicyclic) bond motifs is 1. The lowest BCUT2D eigenvalue weighted by Crippen LogP contribution is -2.24. The van der Waals surface area contributed by atoms with Gasteiger partial charge in [-0.25, -0.2) is 14.1 Å². The second kappa shape index (κ2) is 8.63. The Labute approximate surface area is 175 Å². The summed E-state index contributed by atoms with van der Waals surface area (Å²) in [5.41, 5.74) is 3.22. The van der Waals surface area contributed by atoms with E-state index in [4.69, 9.17) is 9.84 Å². The lowest BCUT2D eigenvalue weighted by Gasteiger charge is -2.17. The molecule has 4 rings (SSSR count). The lowest BCUT2D eigenvalue weighted by molar-refractivity contribution is 0.222. The average molecular weight is 404 g/mol. The molecular weight excluding hydrogens is 379 g/mol. The summed E-state index contributed by atoms with van der Waals surface area (Å²) in [7, 11) is 4.12. The largest absolute Gasteiger partial charge is 0.493 e. The van der Waals surface area contributed by atoms with E-state index in [1.54, 1.807) is 18.3 Å². The van der Waals surface area contributed by atoms with Crippen LogP contribution in [0.25, 0.3) is 28.0 Å². The van der Waals surface area contributed by atoms with Crippen molar-refractivity contribution in [2.24, 2.45) is 5.92 Å². The first-order valence-electron chi connectivity index (χ1n) is 9.99. The second-order valence-corrected chi connectivity index (χ2v) is 7.82.